The van der Waals surface area contributed by atoms with E-state index in [1.165, 1.54) is 5.56 Å². The van der Waals surface area contributed by atoms with Crippen LogP contribution < -0.4 is 15.4 Å². The maximum atomic E-state index is 12.7. The average Bonchev–Trinajstić information content (AvgIpc) is 2.68. The Morgan fingerprint density at radius 3 is 2.74 bits per heavy atom. The Hall–Kier alpha value is -2.02. The van der Waals surface area contributed by atoms with Crippen molar-refractivity contribution in [3.05, 3.63) is 54.4 Å². The van der Waals surface area contributed by atoms with Gasteiger partial charge in [-0.25, -0.2) is 4.79 Å². The lowest BCUT2D eigenvalue weighted by atomic mass is 10.0. The van der Waals surface area contributed by atoms with Crippen LogP contribution in [0.2, 0.25) is 0 Å². The molecule has 2 heterocycles. The smallest absolute Gasteiger partial charge is 0.322 e. The van der Waals surface area contributed by atoms with Crippen molar-refractivity contribution in [2.45, 2.75) is 18.9 Å². The number of methoxy groups -OCH3 is 1. The summed E-state index contributed by atoms with van der Waals surface area (Å²) in [5, 5.41) is 6.36. The molecule has 0 radical (unpaired) electrons. The standard InChI is InChI=1S/C19H24N4O2.2ClH/c1-25-18-8-5-16(6-9-18)22-19(24)23-12-11-21-14-17(23)7-4-15-3-2-10-20-13-15;;/h2-3,5-6,8-10,13,17,21H,4,7,11-12,14H2,1H3,(H,22,24);2*1H. The number of nitrogens with zero attached hydrogens (tertiary/aromatic N) is 2. The molecule has 0 bridgehead atoms. The van der Waals surface area contributed by atoms with Crippen LogP contribution in [0, 0.1) is 0 Å². The molecule has 1 atom stereocenters. The molecule has 0 spiro atoms. The van der Waals surface area contributed by atoms with Crippen LogP contribution in [0.25, 0.3) is 0 Å². The zero-order valence-electron chi connectivity index (χ0n) is 15.3. The molecule has 1 aliphatic heterocycles. The second kappa shape index (κ2) is 11.6. The first-order valence-electron chi connectivity index (χ1n) is 8.57. The number of benzene rings is 1. The van der Waals surface area contributed by atoms with Gasteiger partial charge in [0.05, 0.1) is 7.11 Å². The van der Waals surface area contributed by atoms with Gasteiger partial charge < -0.3 is 20.3 Å². The minimum atomic E-state index is -0.0529. The van der Waals surface area contributed by atoms with E-state index < -0.39 is 0 Å². The number of pyridine rings is 1. The van der Waals surface area contributed by atoms with E-state index in [0.29, 0.717) is 6.54 Å². The summed E-state index contributed by atoms with van der Waals surface area (Å²) < 4.78 is 5.15. The molecule has 2 amide bonds. The molecule has 3 rings (SSSR count). The summed E-state index contributed by atoms with van der Waals surface area (Å²) in [4.78, 5) is 18.8. The first-order valence-corrected chi connectivity index (χ1v) is 8.57. The number of ether oxygens (including phenoxy) is 1. The van der Waals surface area contributed by atoms with E-state index >= 15 is 0 Å². The van der Waals surface area contributed by atoms with Crippen molar-refractivity contribution >= 4 is 36.5 Å². The largest absolute Gasteiger partial charge is 0.497 e. The van der Waals surface area contributed by atoms with Gasteiger partial charge in [-0.1, -0.05) is 6.07 Å². The molecule has 2 aromatic rings. The molecule has 0 aliphatic carbocycles. The minimum Gasteiger partial charge on any atom is -0.497 e. The molecular weight excluding hydrogens is 387 g/mol. The number of carbonyl (C=O) groups is 1. The molecule has 1 unspecified atom stereocenters. The third-order valence-corrected chi connectivity index (χ3v) is 4.44. The maximum Gasteiger partial charge on any atom is 0.322 e. The van der Waals surface area contributed by atoms with Crippen LogP contribution in [0.5, 0.6) is 5.75 Å². The van der Waals surface area contributed by atoms with E-state index in [9.17, 15) is 4.79 Å². The number of aryl methyl sites for hydroxylation is 1. The summed E-state index contributed by atoms with van der Waals surface area (Å²) in [7, 11) is 1.63. The minimum absolute atomic E-state index is 0. The lowest BCUT2D eigenvalue weighted by Crippen LogP contribution is -2.55. The van der Waals surface area contributed by atoms with E-state index in [1.807, 2.05) is 41.4 Å². The Labute approximate surface area is 172 Å². The van der Waals surface area contributed by atoms with Crippen molar-refractivity contribution in [3.63, 3.8) is 0 Å². The third-order valence-electron chi connectivity index (χ3n) is 4.44. The second-order valence-corrected chi connectivity index (χ2v) is 6.11. The van der Waals surface area contributed by atoms with Crippen LogP contribution in [0.1, 0.15) is 12.0 Å². The number of rotatable bonds is 5. The summed E-state index contributed by atoms with van der Waals surface area (Å²) in [5.41, 5.74) is 1.97. The van der Waals surface area contributed by atoms with E-state index in [-0.39, 0.29) is 36.9 Å². The number of piperazine rings is 1. The first kappa shape index (κ1) is 23.0. The molecule has 148 valence electrons. The van der Waals surface area contributed by atoms with Crippen LogP contribution in [0.15, 0.2) is 48.8 Å². The second-order valence-electron chi connectivity index (χ2n) is 6.11. The highest BCUT2D eigenvalue weighted by molar-refractivity contribution is 5.89. The molecule has 6 nitrogen and oxygen atoms in total. The Kier molecular flexibility index (Phi) is 9.93. The zero-order chi connectivity index (χ0) is 17.5. The molecule has 2 N–H and O–H groups in total. The topological polar surface area (TPSA) is 66.5 Å². The van der Waals surface area contributed by atoms with E-state index in [2.05, 4.69) is 21.7 Å². The van der Waals surface area contributed by atoms with E-state index in [0.717, 1.165) is 37.4 Å². The summed E-state index contributed by atoms with van der Waals surface area (Å²) in [6.07, 6.45) is 5.49. The molecular formula is C19H26Cl2N4O2. The summed E-state index contributed by atoms with van der Waals surface area (Å²) in [5.74, 6) is 0.773. The summed E-state index contributed by atoms with van der Waals surface area (Å²) in [6.45, 7) is 2.34. The van der Waals surface area contributed by atoms with Crippen LogP contribution in [0.4, 0.5) is 10.5 Å². The van der Waals surface area contributed by atoms with Crippen LogP contribution in [-0.4, -0.2) is 48.7 Å². The predicted molar refractivity (Wildman–Crippen MR) is 112 cm³/mol. The lowest BCUT2D eigenvalue weighted by molar-refractivity contribution is 0.166. The highest BCUT2D eigenvalue weighted by atomic mass is 35.5. The third kappa shape index (κ3) is 6.57. The number of aromatic nitrogens is 1. The van der Waals surface area contributed by atoms with Crippen molar-refractivity contribution in [1.29, 1.82) is 0 Å². The van der Waals surface area contributed by atoms with Gasteiger partial charge in [-0.2, -0.15) is 0 Å². The van der Waals surface area contributed by atoms with Gasteiger partial charge in [0.15, 0.2) is 0 Å². The van der Waals surface area contributed by atoms with Crippen LogP contribution >= 0.6 is 24.8 Å². The molecule has 1 saturated heterocycles. The predicted octanol–water partition coefficient (Wildman–Crippen LogP) is 3.37. The Bertz CT molecular complexity index is 686. The molecule has 8 heteroatoms. The van der Waals surface area contributed by atoms with E-state index in [1.54, 1.807) is 13.3 Å². The fourth-order valence-electron chi connectivity index (χ4n) is 3.04. The van der Waals surface area contributed by atoms with Gasteiger partial charge >= 0.3 is 6.03 Å². The van der Waals surface area contributed by atoms with E-state index in [4.69, 9.17) is 4.74 Å². The number of hydrogen-bond acceptors (Lipinski definition) is 4. The van der Waals surface area contributed by atoms with Gasteiger partial charge in [0, 0.05) is 43.8 Å². The fourth-order valence-corrected chi connectivity index (χ4v) is 3.04. The van der Waals surface area contributed by atoms with Crippen LogP contribution in [-0.2, 0) is 6.42 Å². The van der Waals surface area contributed by atoms with Gasteiger partial charge in [0.25, 0.3) is 0 Å². The highest BCUT2D eigenvalue weighted by Crippen LogP contribution is 2.17. The van der Waals surface area contributed by atoms with Gasteiger partial charge in [-0.15, -0.1) is 24.8 Å². The van der Waals surface area contributed by atoms with Crippen molar-refractivity contribution in [1.82, 2.24) is 15.2 Å². The Balaban J connectivity index is 0.00000182. The quantitative estimate of drug-likeness (QED) is 0.789. The number of carbonyl (C=O) groups excluding carboxylic acids is 1. The maximum absolute atomic E-state index is 12.7. The number of anilines is 1. The molecule has 27 heavy (non-hydrogen) atoms. The molecule has 1 fully saturated rings. The number of hydrogen-bond donors (Lipinski definition) is 2. The lowest BCUT2D eigenvalue weighted by Gasteiger charge is -2.36. The summed E-state index contributed by atoms with van der Waals surface area (Å²) >= 11 is 0. The normalized spacial score (nSPS) is 15.9. The number of nitrogens with one attached hydrogen (secondary N) is 2. The van der Waals surface area contributed by atoms with Gasteiger partial charge in [-0.05, 0) is 48.7 Å². The molecule has 1 aromatic heterocycles. The van der Waals surface area contributed by atoms with Gasteiger partial charge in [0.2, 0.25) is 0 Å². The van der Waals surface area contributed by atoms with Crippen molar-refractivity contribution in [2.75, 3.05) is 32.1 Å². The Morgan fingerprint density at radius 1 is 1.30 bits per heavy atom. The number of amides is 2. The zero-order valence-corrected chi connectivity index (χ0v) is 16.9. The molecule has 1 aliphatic rings. The molecule has 0 saturated carbocycles. The SMILES string of the molecule is COc1ccc(NC(=O)N2CCNCC2CCc2cccnc2)cc1.Cl.Cl. The van der Waals surface area contributed by atoms with Crippen molar-refractivity contribution < 1.29 is 9.53 Å². The van der Waals surface area contributed by atoms with Gasteiger partial charge in [0.1, 0.15) is 5.75 Å². The fraction of sp³-hybridized carbons (Fsp3) is 0.368. The average molecular weight is 413 g/mol. The molecule has 1 aromatic carbocycles. The highest BCUT2D eigenvalue weighted by Gasteiger charge is 2.26. The van der Waals surface area contributed by atoms with Crippen LogP contribution in [0.3, 0.4) is 0 Å². The van der Waals surface area contributed by atoms with Gasteiger partial charge in [-0.3, -0.25) is 4.98 Å². The van der Waals surface area contributed by atoms with Crippen molar-refractivity contribution in [2.24, 2.45) is 0 Å². The first-order chi connectivity index (χ1) is 12.3. The number of halogens is 2. The van der Waals surface area contributed by atoms with Crippen molar-refractivity contribution in [3.8, 4) is 5.75 Å². The summed E-state index contributed by atoms with van der Waals surface area (Å²) in [6, 6.07) is 11.5. The Morgan fingerprint density at radius 2 is 2.07 bits per heavy atom. The number of urea groups is 1. The monoisotopic (exact) mass is 412 g/mol.